The first kappa shape index (κ1) is 13.9. The number of hydrogen-bond acceptors (Lipinski definition) is 5. The van der Waals surface area contributed by atoms with Crippen molar-refractivity contribution in [1.29, 1.82) is 0 Å². The second-order valence-electron chi connectivity index (χ2n) is 4.59. The summed E-state index contributed by atoms with van der Waals surface area (Å²) in [5.41, 5.74) is 1.61. The van der Waals surface area contributed by atoms with Gasteiger partial charge in [0.05, 0.1) is 11.9 Å². The van der Waals surface area contributed by atoms with Gasteiger partial charge in [-0.1, -0.05) is 13.8 Å². The molecule has 2 rings (SSSR count). The maximum atomic E-state index is 12.3. The molecule has 0 aromatic carbocycles. The lowest BCUT2D eigenvalue weighted by molar-refractivity contribution is 0.102. The lowest BCUT2D eigenvalue weighted by atomic mass is 10.2. The molecule has 104 valence electrons. The number of amides is 1. The van der Waals surface area contributed by atoms with Crippen LogP contribution in [0.5, 0.6) is 0 Å². The van der Waals surface area contributed by atoms with Crippen molar-refractivity contribution in [3.8, 4) is 0 Å². The molecule has 0 aliphatic carbocycles. The number of anilines is 2. The number of hydrogen-bond donors (Lipinski definition) is 2. The molecule has 0 saturated heterocycles. The minimum absolute atomic E-state index is 0.161. The molecule has 0 bridgehead atoms. The monoisotopic (exact) mass is 271 g/mol. The number of carbonyl (C=O) groups is 1. The molecule has 2 N–H and O–H groups in total. The van der Waals surface area contributed by atoms with E-state index in [9.17, 15) is 4.79 Å². The standard InChI is InChI=1S/C14H17N5O/c1-9(2)13-17-8-11(15-3)12(19-13)14(20)18-10-4-6-16-7-5-10/h4-9,15H,1-3H3,(H,16,18,20). The van der Waals surface area contributed by atoms with E-state index >= 15 is 0 Å². The minimum atomic E-state index is -0.273. The van der Waals surface area contributed by atoms with Crippen LogP contribution in [0.1, 0.15) is 36.1 Å². The Morgan fingerprint density at radius 2 is 1.95 bits per heavy atom. The fraction of sp³-hybridized carbons (Fsp3) is 0.286. The summed E-state index contributed by atoms with van der Waals surface area (Å²) < 4.78 is 0. The molecule has 0 radical (unpaired) electrons. The minimum Gasteiger partial charge on any atom is -0.385 e. The van der Waals surface area contributed by atoms with Crippen molar-refractivity contribution < 1.29 is 4.79 Å². The van der Waals surface area contributed by atoms with Crippen LogP contribution in [-0.4, -0.2) is 27.9 Å². The van der Waals surface area contributed by atoms with Crippen LogP contribution >= 0.6 is 0 Å². The third kappa shape index (κ3) is 3.09. The molecule has 0 aliphatic rings. The van der Waals surface area contributed by atoms with Gasteiger partial charge in [0.25, 0.3) is 5.91 Å². The predicted molar refractivity (Wildman–Crippen MR) is 77.9 cm³/mol. The van der Waals surface area contributed by atoms with Gasteiger partial charge in [-0.3, -0.25) is 9.78 Å². The van der Waals surface area contributed by atoms with Crippen molar-refractivity contribution in [3.63, 3.8) is 0 Å². The Labute approximate surface area is 117 Å². The van der Waals surface area contributed by atoms with Gasteiger partial charge in [-0.2, -0.15) is 0 Å². The predicted octanol–water partition coefficient (Wildman–Crippen LogP) is 2.29. The van der Waals surface area contributed by atoms with Gasteiger partial charge in [0.1, 0.15) is 5.82 Å². The van der Waals surface area contributed by atoms with Crippen LogP contribution in [0.25, 0.3) is 0 Å². The molecular weight excluding hydrogens is 254 g/mol. The molecule has 6 heteroatoms. The number of rotatable bonds is 4. The average Bonchev–Trinajstić information content (AvgIpc) is 2.47. The Morgan fingerprint density at radius 3 is 2.55 bits per heavy atom. The average molecular weight is 271 g/mol. The molecule has 0 saturated carbocycles. The van der Waals surface area contributed by atoms with Crippen LogP contribution < -0.4 is 10.6 Å². The Kier molecular flexibility index (Phi) is 4.24. The number of aromatic nitrogens is 3. The number of nitrogens with zero attached hydrogens (tertiary/aromatic N) is 3. The van der Waals surface area contributed by atoms with Crippen LogP contribution in [0.15, 0.2) is 30.7 Å². The Bertz CT molecular complexity index is 598. The zero-order valence-electron chi connectivity index (χ0n) is 11.7. The number of nitrogens with one attached hydrogen (secondary N) is 2. The topological polar surface area (TPSA) is 79.8 Å². The second-order valence-corrected chi connectivity index (χ2v) is 4.59. The van der Waals surface area contributed by atoms with Crippen LogP contribution in [-0.2, 0) is 0 Å². The molecule has 1 amide bonds. The summed E-state index contributed by atoms with van der Waals surface area (Å²) in [4.78, 5) is 24.8. The number of pyridine rings is 1. The van der Waals surface area contributed by atoms with Crippen molar-refractivity contribution in [2.45, 2.75) is 19.8 Å². The Morgan fingerprint density at radius 1 is 1.25 bits per heavy atom. The van der Waals surface area contributed by atoms with Crippen molar-refractivity contribution in [1.82, 2.24) is 15.0 Å². The van der Waals surface area contributed by atoms with Gasteiger partial charge in [0, 0.05) is 31.0 Å². The largest absolute Gasteiger partial charge is 0.385 e. The highest BCUT2D eigenvalue weighted by Crippen LogP contribution is 2.17. The Balaban J connectivity index is 2.30. The normalized spacial score (nSPS) is 10.4. The highest BCUT2D eigenvalue weighted by Gasteiger charge is 2.16. The zero-order chi connectivity index (χ0) is 14.5. The maximum Gasteiger partial charge on any atom is 0.276 e. The molecule has 6 nitrogen and oxygen atoms in total. The molecule has 0 aliphatic heterocycles. The van der Waals surface area contributed by atoms with E-state index in [1.807, 2.05) is 13.8 Å². The molecule has 2 heterocycles. The second kappa shape index (κ2) is 6.10. The lowest BCUT2D eigenvalue weighted by Crippen LogP contribution is -2.17. The summed E-state index contributed by atoms with van der Waals surface area (Å²) in [5, 5.41) is 5.72. The van der Waals surface area contributed by atoms with Crippen molar-refractivity contribution in [3.05, 3.63) is 42.2 Å². The maximum absolute atomic E-state index is 12.3. The molecule has 2 aromatic rings. The van der Waals surface area contributed by atoms with Gasteiger partial charge in [0.2, 0.25) is 0 Å². The van der Waals surface area contributed by atoms with Gasteiger partial charge in [-0.25, -0.2) is 9.97 Å². The summed E-state index contributed by atoms with van der Waals surface area (Å²) >= 11 is 0. The molecule has 0 unspecified atom stereocenters. The first-order chi connectivity index (χ1) is 9.61. The molecule has 0 atom stereocenters. The SMILES string of the molecule is CNc1cnc(C(C)C)nc1C(=O)Nc1ccncc1. The van der Waals surface area contributed by atoms with Crippen molar-refractivity contribution in [2.75, 3.05) is 17.7 Å². The third-order valence-corrected chi connectivity index (χ3v) is 2.75. The van der Waals surface area contributed by atoms with Gasteiger partial charge in [-0.15, -0.1) is 0 Å². The van der Waals surface area contributed by atoms with Gasteiger partial charge < -0.3 is 10.6 Å². The van der Waals surface area contributed by atoms with E-state index in [-0.39, 0.29) is 11.8 Å². The van der Waals surface area contributed by atoms with E-state index in [2.05, 4.69) is 25.6 Å². The Hall–Kier alpha value is -2.50. The summed E-state index contributed by atoms with van der Waals surface area (Å²) in [6.45, 7) is 3.97. The summed E-state index contributed by atoms with van der Waals surface area (Å²) in [7, 11) is 1.73. The van der Waals surface area contributed by atoms with E-state index in [0.29, 0.717) is 22.9 Å². The highest BCUT2D eigenvalue weighted by atomic mass is 16.1. The van der Waals surface area contributed by atoms with E-state index < -0.39 is 0 Å². The zero-order valence-corrected chi connectivity index (χ0v) is 11.7. The van der Waals surface area contributed by atoms with E-state index in [0.717, 1.165) is 0 Å². The summed E-state index contributed by atoms with van der Waals surface area (Å²) in [6, 6.07) is 3.45. The van der Waals surface area contributed by atoms with Gasteiger partial charge in [-0.05, 0) is 12.1 Å². The molecular formula is C14H17N5O. The fourth-order valence-corrected chi connectivity index (χ4v) is 1.66. The van der Waals surface area contributed by atoms with Crippen LogP contribution in [0, 0.1) is 0 Å². The van der Waals surface area contributed by atoms with E-state index in [1.165, 1.54) is 0 Å². The van der Waals surface area contributed by atoms with Crippen LogP contribution in [0.3, 0.4) is 0 Å². The van der Waals surface area contributed by atoms with E-state index in [1.54, 1.807) is 37.8 Å². The first-order valence-corrected chi connectivity index (χ1v) is 6.38. The summed E-state index contributed by atoms with van der Waals surface area (Å²) in [5.74, 6) is 0.530. The molecule has 20 heavy (non-hydrogen) atoms. The number of carbonyl (C=O) groups excluding carboxylic acids is 1. The smallest absolute Gasteiger partial charge is 0.276 e. The van der Waals surface area contributed by atoms with Crippen molar-refractivity contribution in [2.24, 2.45) is 0 Å². The lowest BCUT2D eigenvalue weighted by Gasteiger charge is -2.11. The third-order valence-electron chi connectivity index (χ3n) is 2.75. The quantitative estimate of drug-likeness (QED) is 0.891. The molecule has 2 aromatic heterocycles. The van der Waals surface area contributed by atoms with Crippen LogP contribution in [0.2, 0.25) is 0 Å². The molecule has 0 spiro atoms. The summed E-state index contributed by atoms with van der Waals surface area (Å²) in [6.07, 6.45) is 4.87. The van der Waals surface area contributed by atoms with Crippen molar-refractivity contribution >= 4 is 17.3 Å². The molecule has 0 fully saturated rings. The van der Waals surface area contributed by atoms with E-state index in [4.69, 9.17) is 0 Å². The first-order valence-electron chi connectivity index (χ1n) is 6.38. The fourth-order valence-electron chi connectivity index (χ4n) is 1.66. The van der Waals surface area contributed by atoms with Gasteiger partial charge in [0.15, 0.2) is 5.69 Å². The van der Waals surface area contributed by atoms with Gasteiger partial charge >= 0.3 is 0 Å². The highest BCUT2D eigenvalue weighted by molar-refractivity contribution is 6.06. The van der Waals surface area contributed by atoms with Crippen LogP contribution in [0.4, 0.5) is 11.4 Å².